The molecule has 0 saturated heterocycles. The lowest BCUT2D eigenvalue weighted by molar-refractivity contribution is -0.121. The summed E-state index contributed by atoms with van der Waals surface area (Å²) >= 11 is 0. The Kier molecular flexibility index (Phi) is 4.57. The molecule has 0 unspecified atom stereocenters. The molecule has 3 rings (SSSR count). The Hall–Kier alpha value is -3.08. The summed E-state index contributed by atoms with van der Waals surface area (Å²) in [6, 6.07) is 15.0. The molecule has 2 aromatic carbocycles. The predicted molar refractivity (Wildman–Crippen MR) is 97.0 cm³/mol. The minimum atomic E-state index is -0.446. The molecule has 0 aromatic heterocycles. The highest BCUT2D eigenvalue weighted by molar-refractivity contribution is 6.10. The fourth-order valence-corrected chi connectivity index (χ4v) is 3.01. The zero-order valence-corrected chi connectivity index (χ0v) is 14.2. The summed E-state index contributed by atoms with van der Waals surface area (Å²) in [5.41, 5.74) is 3.29. The third-order valence-electron chi connectivity index (χ3n) is 4.46. The minimum absolute atomic E-state index is 0.0900. The second-order valence-corrected chi connectivity index (χ2v) is 6.01. The lowest BCUT2D eigenvalue weighted by Gasteiger charge is -2.24. The molecule has 2 N–H and O–H groups in total. The predicted octanol–water partition coefficient (Wildman–Crippen LogP) is 2.95. The van der Waals surface area contributed by atoms with E-state index in [2.05, 4.69) is 5.32 Å². The van der Waals surface area contributed by atoms with Gasteiger partial charge in [0.15, 0.2) is 0 Å². The monoisotopic (exact) mass is 336 g/mol. The molecule has 0 saturated carbocycles. The van der Waals surface area contributed by atoms with Crippen LogP contribution < -0.4 is 10.2 Å². The van der Waals surface area contributed by atoms with Gasteiger partial charge < -0.3 is 15.3 Å². The van der Waals surface area contributed by atoms with E-state index in [1.165, 1.54) is 7.05 Å². The third-order valence-corrected chi connectivity index (χ3v) is 4.46. The van der Waals surface area contributed by atoms with Crippen LogP contribution in [0.5, 0.6) is 0 Å². The second kappa shape index (κ2) is 6.81. The van der Waals surface area contributed by atoms with Gasteiger partial charge in [0.25, 0.3) is 5.91 Å². The van der Waals surface area contributed by atoms with E-state index < -0.39 is 5.91 Å². The Morgan fingerprint density at radius 2 is 1.84 bits per heavy atom. The van der Waals surface area contributed by atoms with Gasteiger partial charge in [-0.15, -0.1) is 0 Å². The van der Waals surface area contributed by atoms with Crippen LogP contribution in [0.25, 0.3) is 5.76 Å². The first-order valence-corrected chi connectivity index (χ1v) is 8.11. The Morgan fingerprint density at radius 1 is 1.16 bits per heavy atom. The molecule has 25 heavy (non-hydrogen) atoms. The number of aryl methyl sites for hydroxylation is 1. The van der Waals surface area contributed by atoms with E-state index in [0.29, 0.717) is 17.8 Å². The lowest BCUT2D eigenvalue weighted by Crippen LogP contribution is -2.32. The van der Waals surface area contributed by atoms with E-state index in [1.54, 1.807) is 23.1 Å². The van der Waals surface area contributed by atoms with Crippen molar-refractivity contribution in [1.82, 2.24) is 5.32 Å². The standard InChI is InChI=1S/C20H20N2O3/c1-13-7-3-4-8-14(13)12-22-17-10-6-5-9-15(17)19(24)16(11-18(22)23)20(25)21-2/h3-10,24H,11-12H2,1-2H3,(H,21,25). The summed E-state index contributed by atoms with van der Waals surface area (Å²) in [7, 11) is 1.48. The second-order valence-electron chi connectivity index (χ2n) is 6.01. The molecule has 0 bridgehead atoms. The van der Waals surface area contributed by atoms with Crippen LogP contribution in [0.3, 0.4) is 0 Å². The maximum absolute atomic E-state index is 12.9. The first kappa shape index (κ1) is 16.8. The molecule has 0 aliphatic carbocycles. The van der Waals surface area contributed by atoms with Gasteiger partial charge in [-0.2, -0.15) is 0 Å². The Bertz CT molecular complexity index is 871. The molecule has 1 aliphatic heterocycles. The molecule has 1 heterocycles. The molecule has 2 aromatic rings. The number of nitrogens with one attached hydrogen (secondary N) is 1. The lowest BCUT2D eigenvalue weighted by atomic mass is 10.1. The van der Waals surface area contributed by atoms with E-state index in [1.807, 2.05) is 37.3 Å². The highest BCUT2D eigenvalue weighted by atomic mass is 16.3. The number of benzene rings is 2. The summed E-state index contributed by atoms with van der Waals surface area (Å²) in [4.78, 5) is 26.6. The fourth-order valence-electron chi connectivity index (χ4n) is 3.01. The number of carbonyl (C=O) groups excluding carboxylic acids is 2. The third kappa shape index (κ3) is 3.13. The molecule has 0 atom stereocenters. The molecule has 5 heteroatoms. The van der Waals surface area contributed by atoms with Gasteiger partial charge in [0.05, 0.1) is 24.2 Å². The van der Waals surface area contributed by atoms with Gasteiger partial charge in [0.2, 0.25) is 5.91 Å². The van der Waals surface area contributed by atoms with Crippen LogP contribution in [0.2, 0.25) is 0 Å². The zero-order valence-electron chi connectivity index (χ0n) is 14.2. The number of nitrogens with zero attached hydrogens (tertiary/aromatic N) is 1. The molecule has 0 spiro atoms. The van der Waals surface area contributed by atoms with Crippen molar-refractivity contribution in [3.8, 4) is 0 Å². The van der Waals surface area contributed by atoms with Crippen LogP contribution in [0.15, 0.2) is 54.1 Å². The summed E-state index contributed by atoms with van der Waals surface area (Å²) in [5, 5.41) is 13.1. The van der Waals surface area contributed by atoms with E-state index in [9.17, 15) is 14.7 Å². The quantitative estimate of drug-likeness (QED) is 0.905. The number of para-hydroxylation sites is 1. The first-order valence-electron chi connectivity index (χ1n) is 8.11. The molecule has 128 valence electrons. The Labute approximate surface area is 146 Å². The van der Waals surface area contributed by atoms with Crippen LogP contribution in [0, 0.1) is 6.92 Å². The highest BCUT2D eigenvalue weighted by Gasteiger charge is 2.30. The van der Waals surface area contributed by atoms with Crippen LogP contribution in [-0.4, -0.2) is 24.0 Å². The number of aliphatic hydroxyl groups excluding tert-OH is 1. The largest absolute Gasteiger partial charge is 0.507 e. The molecule has 1 aliphatic rings. The van der Waals surface area contributed by atoms with Crippen molar-refractivity contribution >= 4 is 23.3 Å². The zero-order chi connectivity index (χ0) is 18.0. The van der Waals surface area contributed by atoms with E-state index in [4.69, 9.17) is 0 Å². The van der Waals surface area contributed by atoms with Gasteiger partial charge in [-0.3, -0.25) is 9.59 Å². The molecule has 2 amide bonds. The SMILES string of the molecule is CNC(=O)C1=C(O)c2ccccc2N(Cc2ccccc2C)C(=O)C1. The Balaban J connectivity index is 2.09. The van der Waals surface area contributed by atoms with Crippen molar-refractivity contribution in [3.63, 3.8) is 0 Å². The number of amides is 2. The van der Waals surface area contributed by atoms with Gasteiger partial charge in [-0.05, 0) is 30.2 Å². The van der Waals surface area contributed by atoms with Crippen LogP contribution in [0.4, 0.5) is 5.69 Å². The van der Waals surface area contributed by atoms with Crippen LogP contribution >= 0.6 is 0 Å². The number of aliphatic hydroxyl groups is 1. The van der Waals surface area contributed by atoms with Crippen molar-refractivity contribution in [3.05, 3.63) is 70.8 Å². The summed E-state index contributed by atoms with van der Waals surface area (Å²) < 4.78 is 0. The van der Waals surface area contributed by atoms with Crippen molar-refractivity contribution in [1.29, 1.82) is 0 Å². The smallest absolute Gasteiger partial charge is 0.251 e. The summed E-state index contributed by atoms with van der Waals surface area (Å²) in [6.07, 6.45) is -0.147. The number of hydrogen-bond donors (Lipinski definition) is 2. The summed E-state index contributed by atoms with van der Waals surface area (Å²) in [6.45, 7) is 2.38. The molecular weight excluding hydrogens is 316 g/mol. The van der Waals surface area contributed by atoms with Gasteiger partial charge in [-0.25, -0.2) is 0 Å². The van der Waals surface area contributed by atoms with Crippen molar-refractivity contribution in [2.45, 2.75) is 19.9 Å². The van der Waals surface area contributed by atoms with Gasteiger partial charge in [-0.1, -0.05) is 36.4 Å². The van der Waals surface area contributed by atoms with Crippen molar-refractivity contribution in [2.75, 3.05) is 11.9 Å². The topological polar surface area (TPSA) is 69.6 Å². The number of likely N-dealkylation sites (N-methyl/N-ethyl adjacent to an activating group) is 1. The fraction of sp³-hybridized carbons (Fsp3) is 0.200. The maximum atomic E-state index is 12.9. The number of hydrogen-bond acceptors (Lipinski definition) is 3. The average Bonchev–Trinajstić information content (AvgIpc) is 2.73. The highest BCUT2D eigenvalue weighted by Crippen LogP contribution is 2.34. The average molecular weight is 336 g/mol. The van der Waals surface area contributed by atoms with E-state index in [-0.39, 0.29) is 23.7 Å². The van der Waals surface area contributed by atoms with E-state index >= 15 is 0 Å². The summed E-state index contributed by atoms with van der Waals surface area (Å²) in [5.74, 6) is -0.813. The number of carbonyl (C=O) groups is 2. The van der Waals surface area contributed by atoms with Gasteiger partial charge in [0, 0.05) is 12.6 Å². The Morgan fingerprint density at radius 3 is 2.56 bits per heavy atom. The van der Waals surface area contributed by atoms with Crippen LogP contribution in [0.1, 0.15) is 23.1 Å². The molecule has 5 nitrogen and oxygen atoms in total. The van der Waals surface area contributed by atoms with Crippen molar-refractivity contribution < 1.29 is 14.7 Å². The van der Waals surface area contributed by atoms with Gasteiger partial charge >= 0.3 is 0 Å². The van der Waals surface area contributed by atoms with Crippen molar-refractivity contribution in [2.24, 2.45) is 0 Å². The number of rotatable bonds is 3. The van der Waals surface area contributed by atoms with Crippen LogP contribution in [-0.2, 0) is 16.1 Å². The molecule has 0 radical (unpaired) electrons. The molecular formula is C20H20N2O3. The normalized spacial score (nSPS) is 14.2. The number of fused-ring (bicyclic) bond motifs is 1. The molecule has 0 fully saturated rings. The first-order chi connectivity index (χ1) is 12.0. The van der Waals surface area contributed by atoms with E-state index in [0.717, 1.165) is 11.1 Å². The maximum Gasteiger partial charge on any atom is 0.251 e. The minimum Gasteiger partial charge on any atom is -0.507 e. The van der Waals surface area contributed by atoms with Gasteiger partial charge in [0.1, 0.15) is 5.76 Å². The number of anilines is 1.